The molecular formula is C19H23NO. The van der Waals surface area contributed by atoms with Crippen molar-refractivity contribution in [2.75, 3.05) is 0 Å². The van der Waals surface area contributed by atoms with Crippen molar-refractivity contribution < 1.29 is 5.11 Å². The molecule has 2 atom stereocenters. The summed E-state index contributed by atoms with van der Waals surface area (Å²) in [7, 11) is 0. The lowest BCUT2D eigenvalue weighted by Crippen LogP contribution is -2.23. The Morgan fingerprint density at radius 2 is 2.00 bits per heavy atom. The Kier molecular flexibility index (Phi) is 3.73. The monoisotopic (exact) mass is 281 g/mol. The molecule has 0 aliphatic heterocycles. The van der Waals surface area contributed by atoms with E-state index in [9.17, 15) is 5.11 Å². The first-order chi connectivity index (χ1) is 10.1. The molecule has 1 aliphatic rings. The van der Waals surface area contributed by atoms with Gasteiger partial charge in [-0.15, -0.1) is 0 Å². The molecule has 0 saturated carbocycles. The molecular weight excluding hydrogens is 258 g/mol. The van der Waals surface area contributed by atoms with Crippen LogP contribution in [0.5, 0.6) is 5.75 Å². The summed E-state index contributed by atoms with van der Waals surface area (Å²) in [4.78, 5) is 0. The van der Waals surface area contributed by atoms with Crippen molar-refractivity contribution in [3.8, 4) is 5.75 Å². The second kappa shape index (κ2) is 5.53. The van der Waals surface area contributed by atoms with Crippen LogP contribution >= 0.6 is 0 Å². The summed E-state index contributed by atoms with van der Waals surface area (Å²) in [5.74, 6) is 0.441. The first-order valence-electron chi connectivity index (χ1n) is 7.70. The van der Waals surface area contributed by atoms with Gasteiger partial charge in [0.25, 0.3) is 0 Å². The largest absolute Gasteiger partial charge is 0.508 e. The summed E-state index contributed by atoms with van der Waals surface area (Å²) in [6.45, 7) is 6.53. The molecule has 3 rings (SSSR count). The SMILES string of the molecule is Cc1ccc(C)c(C(C)NC2CCc3c(O)cccc32)c1. The maximum Gasteiger partial charge on any atom is 0.119 e. The molecule has 0 radical (unpaired) electrons. The van der Waals surface area contributed by atoms with Gasteiger partial charge in [-0.05, 0) is 61.9 Å². The van der Waals surface area contributed by atoms with E-state index in [1.54, 1.807) is 6.07 Å². The molecule has 0 bridgehead atoms. The van der Waals surface area contributed by atoms with E-state index in [4.69, 9.17) is 0 Å². The molecule has 2 aromatic rings. The third-order valence-electron chi connectivity index (χ3n) is 4.60. The van der Waals surface area contributed by atoms with Crippen molar-refractivity contribution >= 4 is 0 Å². The fourth-order valence-electron chi connectivity index (χ4n) is 3.43. The van der Waals surface area contributed by atoms with Gasteiger partial charge in [-0.2, -0.15) is 0 Å². The topological polar surface area (TPSA) is 32.3 Å². The molecule has 0 spiro atoms. The first-order valence-corrected chi connectivity index (χ1v) is 7.70. The second-order valence-electron chi connectivity index (χ2n) is 6.18. The predicted octanol–water partition coefficient (Wildman–Crippen LogP) is 4.35. The van der Waals surface area contributed by atoms with Crippen LogP contribution in [0, 0.1) is 13.8 Å². The highest BCUT2D eigenvalue weighted by atomic mass is 16.3. The molecule has 1 aliphatic carbocycles. The smallest absolute Gasteiger partial charge is 0.119 e. The van der Waals surface area contributed by atoms with E-state index < -0.39 is 0 Å². The van der Waals surface area contributed by atoms with E-state index in [1.165, 1.54) is 22.3 Å². The van der Waals surface area contributed by atoms with Crippen molar-refractivity contribution in [3.63, 3.8) is 0 Å². The van der Waals surface area contributed by atoms with Gasteiger partial charge in [0.2, 0.25) is 0 Å². The Morgan fingerprint density at radius 1 is 1.19 bits per heavy atom. The van der Waals surface area contributed by atoms with Crippen LogP contribution in [0.4, 0.5) is 0 Å². The fourth-order valence-corrected chi connectivity index (χ4v) is 3.43. The molecule has 2 nitrogen and oxygen atoms in total. The quantitative estimate of drug-likeness (QED) is 0.876. The summed E-state index contributed by atoms with van der Waals surface area (Å²) < 4.78 is 0. The number of aryl methyl sites for hydroxylation is 2. The number of phenols is 1. The van der Waals surface area contributed by atoms with Crippen molar-refractivity contribution in [2.24, 2.45) is 0 Å². The second-order valence-corrected chi connectivity index (χ2v) is 6.18. The van der Waals surface area contributed by atoms with E-state index in [0.717, 1.165) is 18.4 Å². The minimum atomic E-state index is 0.309. The summed E-state index contributed by atoms with van der Waals surface area (Å²) >= 11 is 0. The lowest BCUT2D eigenvalue weighted by Gasteiger charge is -2.22. The highest BCUT2D eigenvalue weighted by Gasteiger charge is 2.26. The van der Waals surface area contributed by atoms with Gasteiger partial charge in [0.1, 0.15) is 5.75 Å². The molecule has 0 amide bonds. The average molecular weight is 281 g/mol. The first kappa shape index (κ1) is 14.2. The molecule has 2 aromatic carbocycles. The van der Waals surface area contributed by atoms with Crippen LogP contribution in [-0.4, -0.2) is 5.11 Å². The highest BCUT2D eigenvalue weighted by Crippen LogP contribution is 2.37. The molecule has 2 unspecified atom stereocenters. The molecule has 0 aromatic heterocycles. The summed E-state index contributed by atoms with van der Waals surface area (Å²) in [5, 5.41) is 13.7. The van der Waals surface area contributed by atoms with Gasteiger partial charge in [-0.3, -0.25) is 0 Å². The zero-order valence-electron chi connectivity index (χ0n) is 13.0. The Labute approximate surface area is 126 Å². The third-order valence-corrected chi connectivity index (χ3v) is 4.60. The number of hydrogen-bond acceptors (Lipinski definition) is 2. The van der Waals surface area contributed by atoms with Gasteiger partial charge in [-0.25, -0.2) is 0 Å². The number of fused-ring (bicyclic) bond motifs is 1. The normalized spacial score (nSPS) is 18.5. The fraction of sp³-hybridized carbons (Fsp3) is 0.368. The number of hydrogen-bond donors (Lipinski definition) is 2. The summed E-state index contributed by atoms with van der Waals surface area (Å²) in [5.41, 5.74) is 6.36. The number of phenolic OH excluding ortho intramolecular Hbond substituents is 1. The van der Waals surface area contributed by atoms with Crippen LogP contribution in [0.2, 0.25) is 0 Å². The molecule has 0 fully saturated rings. The van der Waals surface area contributed by atoms with Crippen LogP contribution in [0.3, 0.4) is 0 Å². The van der Waals surface area contributed by atoms with Gasteiger partial charge in [-0.1, -0.05) is 35.9 Å². The van der Waals surface area contributed by atoms with Gasteiger partial charge >= 0.3 is 0 Å². The van der Waals surface area contributed by atoms with Gasteiger partial charge < -0.3 is 10.4 Å². The number of benzene rings is 2. The van der Waals surface area contributed by atoms with E-state index in [2.05, 4.69) is 50.4 Å². The Hall–Kier alpha value is -1.80. The highest BCUT2D eigenvalue weighted by molar-refractivity contribution is 5.44. The minimum absolute atomic E-state index is 0.309. The van der Waals surface area contributed by atoms with E-state index in [-0.39, 0.29) is 0 Å². The third kappa shape index (κ3) is 2.68. The van der Waals surface area contributed by atoms with Crippen LogP contribution in [0.1, 0.15) is 53.2 Å². The number of aromatic hydroxyl groups is 1. The molecule has 0 saturated heterocycles. The zero-order valence-corrected chi connectivity index (χ0v) is 13.0. The van der Waals surface area contributed by atoms with Crippen molar-refractivity contribution in [3.05, 3.63) is 64.2 Å². The lowest BCUT2D eigenvalue weighted by atomic mass is 9.98. The van der Waals surface area contributed by atoms with Crippen LogP contribution in [-0.2, 0) is 6.42 Å². The van der Waals surface area contributed by atoms with Crippen molar-refractivity contribution in [1.29, 1.82) is 0 Å². The predicted molar refractivity (Wildman–Crippen MR) is 86.6 cm³/mol. The zero-order chi connectivity index (χ0) is 15.0. The van der Waals surface area contributed by atoms with E-state index in [0.29, 0.717) is 17.8 Å². The lowest BCUT2D eigenvalue weighted by molar-refractivity contribution is 0.463. The van der Waals surface area contributed by atoms with Crippen molar-refractivity contribution in [2.45, 2.75) is 45.7 Å². The minimum Gasteiger partial charge on any atom is -0.508 e. The molecule has 0 heterocycles. The van der Waals surface area contributed by atoms with Crippen LogP contribution < -0.4 is 5.32 Å². The molecule has 21 heavy (non-hydrogen) atoms. The van der Waals surface area contributed by atoms with E-state index in [1.807, 2.05) is 6.07 Å². The van der Waals surface area contributed by atoms with Gasteiger partial charge in [0, 0.05) is 12.1 Å². The Balaban J connectivity index is 1.83. The van der Waals surface area contributed by atoms with Crippen LogP contribution in [0.15, 0.2) is 36.4 Å². The van der Waals surface area contributed by atoms with Crippen LogP contribution in [0.25, 0.3) is 0 Å². The summed E-state index contributed by atoms with van der Waals surface area (Å²) in [6, 6.07) is 13.1. The van der Waals surface area contributed by atoms with Gasteiger partial charge in [0.05, 0.1) is 0 Å². The van der Waals surface area contributed by atoms with Gasteiger partial charge in [0.15, 0.2) is 0 Å². The Bertz CT molecular complexity index is 663. The summed E-state index contributed by atoms with van der Waals surface area (Å²) in [6.07, 6.45) is 2.02. The molecule has 2 N–H and O–H groups in total. The number of rotatable bonds is 3. The molecule has 2 heteroatoms. The Morgan fingerprint density at radius 3 is 2.81 bits per heavy atom. The van der Waals surface area contributed by atoms with Crippen molar-refractivity contribution in [1.82, 2.24) is 5.32 Å². The maximum atomic E-state index is 9.95. The standard InChI is InChI=1S/C19H23NO/c1-12-7-8-13(2)17(11-12)14(3)20-18-10-9-16-15(18)5-4-6-19(16)21/h4-8,11,14,18,20-21H,9-10H2,1-3H3. The number of nitrogens with one attached hydrogen (secondary N) is 1. The average Bonchev–Trinajstić information content (AvgIpc) is 2.86. The maximum absolute atomic E-state index is 9.95. The van der Waals surface area contributed by atoms with E-state index >= 15 is 0 Å². The molecule has 110 valence electrons.